The maximum Gasteiger partial charge on any atom is 0.130 e. The van der Waals surface area contributed by atoms with Gasteiger partial charge in [-0.15, -0.1) is 0 Å². The summed E-state index contributed by atoms with van der Waals surface area (Å²) in [6.07, 6.45) is 4.25. The molecule has 4 nitrogen and oxygen atoms in total. The molecule has 3 rings (SSSR count). The molecule has 1 unspecified atom stereocenters. The van der Waals surface area contributed by atoms with Gasteiger partial charge in [0.2, 0.25) is 0 Å². The first-order chi connectivity index (χ1) is 11.2. The van der Waals surface area contributed by atoms with Gasteiger partial charge in [0, 0.05) is 18.0 Å². The average Bonchev–Trinajstić information content (AvgIpc) is 2.57. The van der Waals surface area contributed by atoms with E-state index in [2.05, 4.69) is 51.5 Å². The first-order valence-electron chi connectivity index (χ1n) is 7.72. The average molecular weight is 304 g/mol. The second kappa shape index (κ2) is 7.01. The zero-order chi connectivity index (χ0) is 16.1. The van der Waals surface area contributed by atoms with Gasteiger partial charge in [0.05, 0.1) is 11.7 Å². The zero-order valence-electron chi connectivity index (χ0n) is 13.4. The van der Waals surface area contributed by atoms with Crippen LogP contribution < -0.4 is 5.32 Å². The fourth-order valence-electron chi connectivity index (χ4n) is 2.48. The molecule has 0 spiro atoms. The number of aryl methyl sites for hydroxylation is 2. The van der Waals surface area contributed by atoms with Crippen LogP contribution in [0.5, 0.6) is 0 Å². The monoisotopic (exact) mass is 304 g/mol. The van der Waals surface area contributed by atoms with Crippen LogP contribution in [0.4, 0.5) is 5.82 Å². The number of hydrogen-bond acceptors (Lipinski definition) is 4. The van der Waals surface area contributed by atoms with Gasteiger partial charge in [0.15, 0.2) is 0 Å². The second-order valence-corrected chi connectivity index (χ2v) is 5.69. The number of nitrogens with zero attached hydrogens (tertiary/aromatic N) is 3. The summed E-state index contributed by atoms with van der Waals surface area (Å²) in [6, 6.07) is 16.6. The van der Waals surface area contributed by atoms with Crippen LogP contribution in [0.1, 0.15) is 28.6 Å². The number of hydrogen-bond donors (Lipinski definition) is 1. The highest BCUT2D eigenvalue weighted by molar-refractivity contribution is 5.38. The van der Waals surface area contributed by atoms with Crippen LogP contribution in [0, 0.1) is 13.8 Å². The normalized spacial score (nSPS) is 11.9. The van der Waals surface area contributed by atoms with Crippen molar-refractivity contribution in [2.45, 2.75) is 26.3 Å². The van der Waals surface area contributed by atoms with Crippen molar-refractivity contribution in [1.29, 1.82) is 0 Å². The lowest BCUT2D eigenvalue weighted by Gasteiger charge is -2.19. The van der Waals surface area contributed by atoms with Crippen LogP contribution in [0.25, 0.3) is 0 Å². The molecule has 0 fully saturated rings. The molecule has 0 bridgehead atoms. The summed E-state index contributed by atoms with van der Waals surface area (Å²) < 4.78 is 0. The number of rotatable bonds is 5. The minimum atomic E-state index is 0.0632. The predicted molar refractivity (Wildman–Crippen MR) is 92.3 cm³/mol. The number of anilines is 1. The van der Waals surface area contributed by atoms with E-state index in [0.717, 1.165) is 23.6 Å². The third kappa shape index (κ3) is 4.13. The van der Waals surface area contributed by atoms with Crippen molar-refractivity contribution in [2.24, 2.45) is 0 Å². The Morgan fingerprint density at radius 1 is 0.957 bits per heavy atom. The first kappa shape index (κ1) is 15.2. The Bertz CT molecular complexity index is 754. The molecule has 0 aliphatic rings. The minimum absolute atomic E-state index is 0.0632. The van der Waals surface area contributed by atoms with Crippen LogP contribution >= 0.6 is 0 Å². The Labute approximate surface area is 136 Å². The molecule has 1 aromatic carbocycles. The highest BCUT2D eigenvalue weighted by atomic mass is 15.0. The van der Waals surface area contributed by atoms with Gasteiger partial charge in [0.25, 0.3) is 0 Å². The fourth-order valence-corrected chi connectivity index (χ4v) is 2.48. The van der Waals surface area contributed by atoms with E-state index in [0.29, 0.717) is 0 Å². The zero-order valence-corrected chi connectivity index (χ0v) is 13.4. The molecule has 0 saturated carbocycles. The molecule has 23 heavy (non-hydrogen) atoms. The van der Waals surface area contributed by atoms with Gasteiger partial charge >= 0.3 is 0 Å². The van der Waals surface area contributed by atoms with E-state index in [1.807, 2.05) is 37.4 Å². The summed E-state index contributed by atoms with van der Waals surface area (Å²) in [6.45, 7) is 4.06. The van der Waals surface area contributed by atoms with Gasteiger partial charge in [-0.05, 0) is 38.0 Å². The molecule has 2 heterocycles. The largest absolute Gasteiger partial charge is 0.361 e. The Morgan fingerprint density at radius 3 is 2.48 bits per heavy atom. The van der Waals surface area contributed by atoms with E-state index in [-0.39, 0.29) is 6.04 Å². The van der Waals surface area contributed by atoms with Gasteiger partial charge in [0.1, 0.15) is 12.1 Å². The van der Waals surface area contributed by atoms with Crippen molar-refractivity contribution in [3.63, 3.8) is 0 Å². The summed E-state index contributed by atoms with van der Waals surface area (Å²) in [4.78, 5) is 13.0. The Morgan fingerprint density at radius 2 is 1.78 bits per heavy atom. The maximum absolute atomic E-state index is 4.51. The smallest absolute Gasteiger partial charge is 0.130 e. The number of aromatic nitrogens is 3. The molecular weight excluding hydrogens is 284 g/mol. The Kier molecular flexibility index (Phi) is 4.62. The van der Waals surface area contributed by atoms with Crippen molar-refractivity contribution < 1.29 is 0 Å². The van der Waals surface area contributed by atoms with E-state index in [1.54, 1.807) is 6.33 Å². The van der Waals surface area contributed by atoms with E-state index >= 15 is 0 Å². The molecule has 1 atom stereocenters. The maximum atomic E-state index is 4.51. The lowest BCUT2D eigenvalue weighted by molar-refractivity contribution is 0.740. The van der Waals surface area contributed by atoms with Crippen LogP contribution in [0.3, 0.4) is 0 Å². The van der Waals surface area contributed by atoms with Gasteiger partial charge < -0.3 is 5.32 Å². The quantitative estimate of drug-likeness (QED) is 0.777. The highest BCUT2D eigenvalue weighted by Crippen LogP contribution is 2.21. The van der Waals surface area contributed by atoms with Gasteiger partial charge in [-0.2, -0.15) is 0 Å². The topological polar surface area (TPSA) is 50.7 Å². The van der Waals surface area contributed by atoms with Gasteiger partial charge in [-0.25, -0.2) is 9.97 Å². The lowest BCUT2D eigenvalue weighted by Crippen LogP contribution is -2.16. The Balaban J connectivity index is 1.86. The van der Waals surface area contributed by atoms with Crippen LogP contribution in [0.2, 0.25) is 0 Å². The molecule has 0 amide bonds. The van der Waals surface area contributed by atoms with E-state index in [9.17, 15) is 0 Å². The van der Waals surface area contributed by atoms with Crippen molar-refractivity contribution in [3.8, 4) is 0 Å². The number of pyridine rings is 1. The first-order valence-corrected chi connectivity index (χ1v) is 7.72. The second-order valence-electron chi connectivity index (χ2n) is 5.69. The van der Waals surface area contributed by atoms with E-state index in [1.165, 1.54) is 11.1 Å². The Hall–Kier alpha value is -2.75. The molecule has 116 valence electrons. The molecular formula is C19H20N4. The number of nitrogens with one attached hydrogen (secondary N) is 1. The van der Waals surface area contributed by atoms with E-state index < -0.39 is 0 Å². The molecule has 0 aliphatic heterocycles. The predicted octanol–water partition coefficient (Wildman–Crippen LogP) is 3.88. The summed E-state index contributed by atoms with van der Waals surface area (Å²) in [5.41, 5.74) is 4.48. The summed E-state index contributed by atoms with van der Waals surface area (Å²) in [5, 5.41) is 3.49. The molecule has 3 aromatic rings. The van der Waals surface area contributed by atoms with Crippen molar-refractivity contribution >= 4 is 5.82 Å². The van der Waals surface area contributed by atoms with E-state index in [4.69, 9.17) is 0 Å². The lowest BCUT2D eigenvalue weighted by atomic mass is 10.0. The van der Waals surface area contributed by atoms with Crippen LogP contribution in [-0.4, -0.2) is 15.0 Å². The SMILES string of the molecule is Cc1ccc(CC(Nc2cc(C)ncn2)c2ccccn2)cc1. The third-order valence-electron chi connectivity index (χ3n) is 3.73. The molecule has 0 aliphatic carbocycles. The van der Waals surface area contributed by atoms with Crippen LogP contribution in [-0.2, 0) is 6.42 Å². The minimum Gasteiger partial charge on any atom is -0.361 e. The molecule has 0 radical (unpaired) electrons. The van der Waals surface area contributed by atoms with Crippen molar-refractivity contribution in [3.05, 3.63) is 83.6 Å². The third-order valence-corrected chi connectivity index (χ3v) is 3.73. The standard InChI is InChI=1S/C19H20N4/c1-14-6-8-16(9-7-14)12-18(17-5-3-4-10-20-17)23-19-11-15(2)21-13-22-19/h3-11,13,18H,12H2,1-2H3,(H,21,22,23). The van der Waals surface area contributed by atoms with Gasteiger partial charge in [-0.3, -0.25) is 4.98 Å². The fraction of sp³-hybridized carbons (Fsp3) is 0.211. The van der Waals surface area contributed by atoms with Crippen LogP contribution in [0.15, 0.2) is 61.1 Å². The summed E-state index contributed by atoms with van der Waals surface area (Å²) in [5.74, 6) is 0.820. The number of benzene rings is 1. The molecule has 1 N–H and O–H groups in total. The van der Waals surface area contributed by atoms with Crippen molar-refractivity contribution in [2.75, 3.05) is 5.32 Å². The molecule has 0 saturated heterocycles. The summed E-state index contributed by atoms with van der Waals surface area (Å²) >= 11 is 0. The molecule has 2 aromatic heterocycles. The van der Waals surface area contributed by atoms with Crippen molar-refractivity contribution in [1.82, 2.24) is 15.0 Å². The highest BCUT2D eigenvalue weighted by Gasteiger charge is 2.14. The summed E-state index contributed by atoms with van der Waals surface area (Å²) in [7, 11) is 0. The van der Waals surface area contributed by atoms with Gasteiger partial charge in [-0.1, -0.05) is 35.9 Å². The molecule has 4 heteroatoms.